The first-order chi connectivity index (χ1) is 15.3. The Morgan fingerprint density at radius 1 is 1.38 bits per heavy atom. The molecule has 0 saturated carbocycles. The summed E-state index contributed by atoms with van der Waals surface area (Å²) in [6.07, 6.45) is 2.10. The lowest BCUT2D eigenvalue weighted by Gasteiger charge is -2.37. The molecule has 0 amide bonds. The molecule has 32 heavy (non-hydrogen) atoms. The Morgan fingerprint density at radius 3 is 2.78 bits per heavy atom. The van der Waals surface area contributed by atoms with Crippen molar-refractivity contribution in [2.24, 2.45) is 11.8 Å². The number of nitrogens with one attached hydrogen (secondary N) is 1. The smallest absolute Gasteiger partial charge is 0.352 e. The number of aromatic nitrogens is 2. The fourth-order valence-corrected chi connectivity index (χ4v) is 4.82. The summed E-state index contributed by atoms with van der Waals surface area (Å²) in [7, 11) is 0. The summed E-state index contributed by atoms with van der Waals surface area (Å²) in [5, 5.41) is 20.5. The standard InChI is InChI=1S/C24H25ClN4O3/c1-14(2)15-7-5-9-28(12-15)23-18(11-26)17-10-20(24(31)32)27-22(30)21(17)29(23)13-16-6-3-4-8-19(16)25/h3-4,6,8,10,14-15H,5,7,9,12-13H2,1-2H3,(H,27,30)(H,31,32). The minimum Gasteiger partial charge on any atom is -0.477 e. The molecule has 1 aliphatic heterocycles. The van der Waals surface area contributed by atoms with Gasteiger partial charge in [0.15, 0.2) is 0 Å². The Kier molecular flexibility index (Phi) is 5.98. The van der Waals surface area contributed by atoms with Crippen LogP contribution in [0.1, 0.15) is 48.3 Å². The fraction of sp³-hybridized carbons (Fsp3) is 0.375. The van der Waals surface area contributed by atoms with Crippen LogP contribution in [0.2, 0.25) is 5.02 Å². The molecule has 8 heteroatoms. The molecule has 0 spiro atoms. The lowest BCUT2D eigenvalue weighted by molar-refractivity contribution is 0.0690. The van der Waals surface area contributed by atoms with Gasteiger partial charge in [-0.2, -0.15) is 5.26 Å². The number of benzene rings is 1. The maximum absolute atomic E-state index is 13.0. The van der Waals surface area contributed by atoms with E-state index in [4.69, 9.17) is 11.6 Å². The number of carbonyl (C=O) groups is 1. The van der Waals surface area contributed by atoms with Crippen molar-refractivity contribution in [2.75, 3.05) is 18.0 Å². The highest BCUT2D eigenvalue weighted by Gasteiger charge is 2.30. The lowest BCUT2D eigenvalue weighted by Crippen LogP contribution is -2.39. The molecule has 0 bridgehead atoms. The quantitative estimate of drug-likeness (QED) is 0.594. The molecule has 166 valence electrons. The topological polar surface area (TPSA) is 102 Å². The van der Waals surface area contributed by atoms with Crippen LogP contribution in [0.3, 0.4) is 0 Å². The second-order valence-corrected chi connectivity index (χ2v) is 9.07. The van der Waals surface area contributed by atoms with E-state index in [2.05, 4.69) is 29.8 Å². The fourth-order valence-electron chi connectivity index (χ4n) is 4.62. The molecule has 1 saturated heterocycles. The number of carboxylic acid groups (broad SMARTS) is 1. The maximum Gasteiger partial charge on any atom is 0.352 e. The van der Waals surface area contributed by atoms with Crippen molar-refractivity contribution in [3.63, 3.8) is 0 Å². The molecule has 3 aromatic rings. The van der Waals surface area contributed by atoms with Crippen LogP contribution in [0.5, 0.6) is 0 Å². The van der Waals surface area contributed by atoms with Gasteiger partial charge in [-0.3, -0.25) is 4.79 Å². The van der Waals surface area contributed by atoms with Gasteiger partial charge in [0.2, 0.25) is 0 Å². The summed E-state index contributed by atoms with van der Waals surface area (Å²) in [4.78, 5) is 29.2. The van der Waals surface area contributed by atoms with Gasteiger partial charge in [-0.05, 0) is 42.4 Å². The molecule has 1 unspecified atom stereocenters. The predicted molar refractivity (Wildman–Crippen MR) is 125 cm³/mol. The third kappa shape index (κ3) is 3.87. The molecule has 1 aliphatic rings. The second kappa shape index (κ2) is 8.71. The predicted octanol–water partition coefficient (Wildman–Crippen LogP) is 4.47. The van der Waals surface area contributed by atoms with Gasteiger partial charge in [-0.25, -0.2) is 4.79 Å². The van der Waals surface area contributed by atoms with E-state index in [1.807, 2.05) is 22.8 Å². The first-order valence-electron chi connectivity index (χ1n) is 10.7. The van der Waals surface area contributed by atoms with Crippen LogP contribution >= 0.6 is 11.6 Å². The van der Waals surface area contributed by atoms with Gasteiger partial charge in [-0.15, -0.1) is 0 Å². The van der Waals surface area contributed by atoms with Gasteiger partial charge >= 0.3 is 5.97 Å². The van der Waals surface area contributed by atoms with Gasteiger partial charge in [0, 0.05) is 23.5 Å². The Bertz CT molecular complexity index is 1280. The molecule has 7 nitrogen and oxygen atoms in total. The van der Waals surface area contributed by atoms with E-state index in [0.717, 1.165) is 31.5 Å². The Labute approximate surface area is 190 Å². The van der Waals surface area contributed by atoms with Crippen LogP contribution in [0, 0.1) is 23.2 Å². The number of aromatic amines is 1. The van der Waals surface area contributed by atoms with Crippen molar-refractivity contribution in [1.29, 1.82) is 5.26 Å². The number of piperidine rings is 1. The number of nitrogens with zero attached hydrogens (tertiary/aromatic N) is 3. The minimum absolute atomic E-state index is 0.237. The number of H-pyrrole nitrogens is 1. The summed E-state index contributed by atoms with van der Waals surface area (Å²) in [6.45, 7) is 6.23. The maximum atomic E-state index is 13.0. The largest absolute Gasteiger partial charge is 0.477 e. The Morgan fingerprint density at radius 2 is 2.12 bits per heavy atom. The number of halogens is 1. The highest BCUT2D eigenvalue weighted by atomic mass is 35.5. The summed E-state index contributed by atoms with van der Waals surface area (Å²) >= 11 is 6.42. The molecular weight excluding hydrogens is 428 g/mol. The van der Waals surface area contributed by atoms with Gasteiger partial charge < -0.3 is 19.6 Å². The van der Waals surface area contributed by atoms with Crippen LogP contribution in [0.4, 0.5) is 5.82 Å². The number of nitriles is 1. The van der Waals surface area contributed by atoms with E-state index in [1.54, 1.807) is 6.07 Å². The van der Waals surface area contributed by atoms with Crippen LogP contribution in [-0.4, -0.2) is 33.7 Å². The SMILES string of the molecule is CC(C)C1CCCN(c2c(C#N)c3cc(C(=O)O)[nH]c(=O)c3n2Cc2ccccc2Cl)C1. The van der Waals surface area contributed by atoms with Crippen molar-refractivity contribution < 1.29 is 9.90 Å². The molecule has 2 N–H and O–H groups in total. The Hall–Kier alpha value is -3.24. The number of rotatable bonds is 5. The third-order valence-electron chi connectivity index (χ3n) is 6.35. The molecule has 1 atom stereocenters. The molecule has 3 heterocycles. The third-order valence-corrected chi connectivity index (χ3v) is 6.72. The zero-order valence-electron chi connectivity index (χ0n) is 18.1. The molecule has 4 rings (SSSR count). The number of hydrogen-bond donors (Lipinski definition) is 2. The molecule has 1 fully saturated rings. The summed E-state index contributed by atoms with van der Waals surface area (Å²) in [5.74, 6) is 0.369. The highest BCUT2D eigenvalue weighted by molar-refractivity contribution is 6.31. The zero-order valence-corrected chi connectivity index (χ0v) is 18.8. The normalized spacial score (nSPS) is 16.5. The van der Waals surface area contributed by atoms with Crippen LogP contribution in [-0.2, 0) is 6.54 Å². The van der Waals surface area contributed by atoms with Gasteiger partial charge in [0.1, 0.15) is 28.7 Å². The van der Waals surface area contributed by atoms with Gasteiger partial charge in [0.05, 0.1) is 6.54 Å². The highest BCUT2D eigenvalue weighted by Crippen LogP contribution is 2.36. The van der Waals surface area contributed by atoms with Gasteiger partial charge in [-0.1, -0.05) is 43.6 Å². The van der Waals surface area contributed by atoms with E-state index in [-0.39, 0.29) is 11.2 Å². The van der Waals surface area contributed by atoms with Crippen molar-refractivity contribution in [3.05, 3.63) is 62.5 Å². The number of fused-ring (bicyclic) bond motifs is 1. The molecule has 0 aliphatic carbocycles. The van der Waals surface area contributed by atoms with Crippen LogP contribution in [0.25, 0.3) is 10.9 Å². The number of aromatic carboxylic acids is 1. The lowest BCUT2D eigenvalue weighted by atomic mass is 9.88. The van der Waals surface area contributed by atoms with Crippen molar-refractivity contribution in [3.8, 4) is 6.07 Å². The molecule has 1 aromatic carbocycles. The Balaban J connectivity index is 1.99. The number of anilines is 1. The summed E-state index contributed by atoms with van der Waals surface area (Å²) in [5.41, 5.74) is 0.653. The summed E-state index contributed by atoms with van der Waals surface area (Å²) < 4.78 is 1.82. The van der Waals surface area contributed by atoms with Crippen molar-refractivity contribution >= 4 is 34.3 Å². The first-order valence-corrected chi connectivity index (χ1v) is 11.1. The van der Waals surface area contributed by atoms with E-state index in [1.165, 1.54) is 6.07 Å². The van der Waals surface area contributed by atoms with E-state index < -0.39 is 11.5 Å². The van der Waals surface area contributed by atoms with Crippen LogP contribution in [0.15, 0.2) is 35.1 Å². The van der Waals surface area contributed by atoms with E-state index >= 15 is 0 Å². The van der Waals surface area contributed by atoms with Crippen molar-refractivity contribution in [2.45, 2.75) is 33.2 Å². The molecule has 0 radical (unpaired) electrons. The molecular formula is C24H25ClN4O3. The number of carboxylic acids is 1. The van der Waals surface area contributed by atoms with Gasteiger partial charge in [0.25, 0.3) is 5.56 Å². The average Bonchev–Trinajstić information content (AvgIpc) is 3.09. The number of hydrogen-bond acceptors (Lipinski definition) is 4. The van der Waals surface area contributed by atoms with E-state index in [9.17, 15) is 20.0 Å². The minimum atomic E-state index is -1.24. The monoisotopic (exact) mass is 452 g/mol. The summed E-state index contributed by atoms with van der Waals surface area (Å²) in [6, 6.07) is 11.0. The zero-order chi connectivity index (χ0) is 23.0. The van der Waals surface area contributed by atoms with Crippen LogP contribution < -0.4 is 10.5 Å². The number of pyridine rings is 1. The van der Waals surface area contributed by atoms with E-state index in [0.29, 0.717) is 40.2 Å². The first kappa shape index (κ1) is 22.0. The second-order valence-electron chi connectivity index (χ2n) is 8.66. The van der Waals surface area contributed by atoms with Crippen molar-refractivity contribution in [1.82, 2.24) is 9.55 Å². The molecule has 2 aromatic heterocycles. The average molecular weight is 453 g/mol.